The molecule has 1 fully saturated rings. The molecular formula is C17H9Cl2F2NO2S. The number of hydrogen-bond acceptors (Lipinski definition) is 3. The lowest BCUT2D eigenvalue weighted by atomic mass is 10.1. The molecule has 1 aliphatic heterocycles. The standard InChI is InChI=1S/C17H9Cl2F2NO2S/c18-11-3-1-5-13(20)9(11)7-15-16(23)22(17(24)25-15)8-10-12(19)4-2-6-14(10)21/h1-7H,8H2/b15-7+. The third-order valence-electron chi connectivity index (χ3n) is 3.53. The Bertz CT molecular complexity index is 877. The van der Waals surface area contributed by atoms with Gasteiger partial charge in [0.2, 0.25) is 0 Å². The molecule has 0 bridgehead atoms. The largest absolute Gasteiger partial charge is 0.293 e. The zero-order chi connectivity index (χ0) is 18.1. The first-order valence-electron chi connectivity index (χ1n) is 7.00. The molecule has 0 spiro atoms. The van der Waals surface area contributed by atoms with Crippen LogP contribution in [0.2, 0.25) is 10.0 Å². The monoisotopic (exact) mass is 399 g/mol. The van der Waals surface area contributed by atoms with Gasteiger partial charge in [-0.3, -0.25) is 14.5 Å². The second kappa shape index (κ2) is 7.15. The molecule has 0 aromatic heterocycles. The molecule has 128 valence electrons. The molecule has 0 aliphatic carbocycles. The van der Waals surface area contributed by atoms with Crippen molar-refractivity contribution in [1.82, 2.24) is 4.90 Å². The van der Waals surface area contributed by atoms with Crippen LogP contribution in [0, 0.1) is 11.6 Å². The highest BCUT2D eigenvalue weighted by Crippen LogP contribution is 2.36. The van der Waals surface area contributed by atoms with Crippen LogP contribution >= 0.6 is 35.0 Å². The third kappa shape index (κ3) is 3.56. The molecule has 1 heterocycles. The number of carbonyl (C=O) groups is 2. The van der Waals surface area contributed by atoms with E-state index in [0.29, 0.717) is 11.8 Å². The van der Waals surface area contributed by atoms with E-state index >= 15 is 0 Å². The minimum absolute atomic E-state index is 0.00413. The molecule has 8 heteroatoms. The first kappa shape index (κ1) is 17.9. The second-order valence-electron chi connectivity index (χ2n) is 5.10. The van der Waals surface area contributed by atoms with Crippen LogP contribution in [0.4, 0.5) is 13.6 Å². The fraction of sp³-hybridized carbons (Fsp3) is 0.0588. The minimum Gasteiger partial charge on any atom is -0.268 e. The normalized spacial score (nSPS) is 16.2. The number of rotatable bonds is 3. The molecule has 0 atom stereocenters. The van der Waals surface area contributed by atoms with Gasteiger partial charge >= 0.3 is 0 Å². The van der Waals surface area contributed by atoms with Crippen molar-refractivity contribution in [2.75, 3.05) is 0 Å². The van der Waals surface area contributed by atoms with Gasteiger partial charge in [-0.25, -0.2) is 8.78 Å². The van der Waals surface area contributed by atoms with E-state index in [2.05, 4.69) is 0 Å². The van der Waals surface area contributed by atoms with Crippen molar-refractivity contribution in [2.24, 2.45) is 0 Å². The van der Waals surface area contributed by atoms with E-state index in [1.165, 1.54) is 42.5 Å². The van der Waals surface area contributed by atoms with E-state index in [-0.39, 0.29) is 32.6 Å². The molecule has 2 aromatic carbocycles. The Balaban J connectivity index is 1.92. The summed E-state index contributed by atoms with van der Waals surface area (Å²) in [6, 6.07) is 8.18. The van der Waals surface area contributed by atoms with Gasteiger partial charge in [-0.15, -0.1) is 0 Å². The zero-order valence-corrected chi connectivity index (χ0v) is 14.8. The minimum atomic E-state index is -0.659. The molecule has 0 radical (unpaired) electrons. The van der Waals surface area contributed by atoms with Crippen LogP contribution in [-0.2, 0) is 11.3 Å². The Hall–Kier alpha value is -1.89. The van der Waals surface area contributed by atoms with Crippen molar-refractivity contribution in [3.63, 3.8) is 0 Å². The van der Waals surface area contributed by atoms with Crippen LogP contribution in [0.15, 0.2) is 41.3 Å². The lowest BCUT2D eigenvalue weighted by Gasteiger charge is -2.14. The Morgan fingerprint density at radius 3 is 2.28 bits per heavy atom. The molecule has 1 aliphatic rings. The van der Waals surface area contributed by atoms with E-state index in [4.69, 9.17) is 23.2 Å². The number of thioether (sulfide) groups is 1. The molecule has 3 rings (SSSR count). The molecule has 3 nitrogen and oxygen atoms in total. The lowest BCUT2D eigenvalue weighted by molar-refractivity contribution is -0.123. The third-order valence-corrected chi connectivity index (χ3v) is 5.12. The van der Waals surface area contributed by atoms with Crippen molar-refractivity contribution >= 4 is 52.2 Å². The van der Waals surface area contributed by atoms with Gasteiger partial charge < -0.3 is 0 Å². The highest BCUT2D eigenvalue weighted by atomic mass is 35.5. The van der Waals surface area contributed by atoms with Crippen molar-refractivity contribution < 1.29 is 18.4 Å². The quantitative estimate of drug-likeness (QED) is 0.638. The number of benzene rings is 2. The lowest BCUT2D eigenvalue weighted by Crippen LogP contribution is -2.28. The summed E-state index contributed by atoms with van der Waals surface area (Å²) in [6.45, 7) is -0.307. The summed E-state index contributed by atoms with van der Waals surface area (Å²) >= 11 is 12.5. The predicted molar refractivity (Wildman–Crippen MR) is 94.3 cm³/mol. The van der Waals surface area contributed by atoms with Crippen molar-refractivity contribution in [3.05, 3.63) is 74.1 Å². The van der Waals surface area contributed by atoms with Gasteiger partial charge in [-0.05, 0) is 42.1 Å². The van der Waals surface area contributed by atoms with Gasteiger partial charge in [-0.2, -0.15) is 0 Å². The van der Waals surface area contributed by atoms with Crippen LogP contribution in [0.25, 0.3) is 6.08 Å². The number of imide groups is 1. The van der Waals surface area contributed by atoms with Crippen LogP contribution in [0.5, 0.6) is 0 Å². The first-order chi connectivity index (χ1) is 11.9. The number of carbonyl (C=O) groups excluding carboxylic acids is 2. The van der Waals surface area contributed by atoms with E-state index in [0.717, 1.165) is 4.90 Å². The summed E-state index contributed by atoms with van der Waals surface area (Å²) in [5.41, 5.74) is 0.0511. The topological polar surface area (TPSA) is 37.4 Å². The van der Waals surface area contributed by atoms with Crippen LogP contribution in [0.3, 0.4) is 0 Å². The molecule has 1 saturated heterocycles. The van der Waals surface area contributed by atoms with Gasteiger partial charge in [0.15, 0.2) is 0 Å². The zero-order valence-electron chi connectivity index (χ0n) is 12.4. The summed E-state index contributed by atoms with van der Waals surface area (Å²) in [6.07, 6.45) is 1.21. The number of hydrogen-bond donors (Lipinski definition) is 0. The molecule has 2 amide bonds. The molecule has 25 heavy (non-hydrogen) atoms. The van der Waals surface area contributed by atoms with E-state index < -0.39 is 22.8 Å². The fourth-order valence-corrected chi connectivity index (χ4v) is 3.52. The average molecular weight is 400 g/mol. The Labute approximate surface area is 156 Å². The fourth-order valence-electron chi connectivity index (χ4n) is 2.26. The Morgan fingerprint density at radius 2 is 1.64 bits per heavy atom. The van der Waals surface area contributed by atoms with Gasteiger partial charge in [0.25, 0.3) is 11.1 Å². The van der Waals surface area contributed by atoms with Gasteiger partial charge in [-0.1, -0.05) is 35.3 Å². The second-order valence-corrected chi connectivity index (χ2v) is 6.91. The number of amides is 2. The van der Waals surface area contributed by atoms with Crippen molar-refractivity contribution in [2.45, 2.75) is 6.54 Å². The first-order valence-corrected chi connectivity index (χ1v) is 8.58. The SMILES string of the molecule is O=C1S/C(=C/c2c(F)cccc2Cl)C(=O)N1Cc1c(F)cccc1Cl. The van der Waals surface area contributed by atoms with Crippen molar-refractivity contribution in [3.8, 4) is 0 Å². The summed E-state index contributed by atoms with van der Waals surface area (Å²) in [7, 11) is 0. The molecule has 0 saturated carbocycles. The summed E-state index contributed by atoms with van der Waals surface area (Å²) in [5, 5.41) is -0.368. The maximum absolute atomic E-state index is 13.9. The Morgan fingerprint density at radius 1 is 1.00 bits per heavy atom. The van der Waals surface area contributed by atoms with Crippen LogP contribution in [0.1, 0.15) is 11.1 Å². The van der Waals surface area contributed by atoms with Crippen LogP contribution in [-0.4, -0.2) is 16.0 Å². The van der Waals surface area contributed by atoms with E-state index in [1.54, 1.807) is 0 Å². The van der Waals surface area contributed by atoms with Crippen molar-refractivity contribution in [1.29, 1.82) is 0 Å². The highest BCUT2D eigenvalue weighted by molar-refractivity contribution is 8.18. The predicted octanol–water partition coefficient (Wildman–Crippen LogP) is 5.51. The maximum atomic E-state index is 13.9. The smallest absolute Gasteiger partial charge is 0.268 e. The summed E-state index contributed by atoms with van der Waals surface area (Å²) in [5.74, 6) is -1.89. The van der Waals surface area contributed by atoms with Gasteiger partial charge in [0.05, 0.1) is 16.5 Å². The summed E-state index contributed by atoms with van der Waals surface area (Å²) in [4.78, 5) is 25.4. The van der Waals surface area contributed by atoms with Gasteiger partial charge in [0, 0.05) is 16.1 Å². The molecular weight excluding hydrogens is 391 g/mol. The van der Waals surface area contributed by atoms with Crippen LogP contribution < -0.4 is 0 Å². The highest BCUT2D eigenvalue weighted by Gasteiger charge is 2.36. The maximum Gasteiger partial charge on any atom is 0.293 e. The summed E-state index contributed by atoms with van der Waals surface area (Å²) < 4.78 is 27.7. The molecule has 0 unspecified atom stereocenters. The van der Waals surface area contributed by atoms with E-state index in [9.17, 15) is 18.4 Å². The number of nitrogens with zero attached hydrogens (tertiary/aromatic N) is 1. The Kier molecular flexibility index (Phi) is 5.13. The van der Waals surface area contributed by atoms with Gasteiger partial charge in [0.1, 0.15) is 11.6 Å². The average Bonchev–Trinajstić information content (AvgIpc) is 2.81. The number of halogens is 4. The molecule has 2 aromatic rings. The van der Waals surface area contributed by atoms with E-state index in [1.807, 2.05) is 0 Å². The molecule has 0 N–H and O–H groups in total.